The lowest BCUT2D eigenvalue weighted by Crippen LogP contribution is -2.13. The molecule has 0 fully saturated rings. The number of halogens is 1. The number of hydrogen-bond donors (Lipinski definition) is 0. The van der Waals surface area contributed by atoms with E-state index in [0.717, 1.165) is 4.47 Å². The molecule has 0 aliphatic rings. The van der Waals surface area contributed by atoms with Crippen LogP contribution in [-0.4, -0.2) is 20.5 Å². The zero-order valence-corrected chi connectivity index (χ0v) is 11.9. The summed E-state index contributed by atoms with van der Waals surface area (Å²) in [7, 11) is 0. The van der Waals surface area contributed by atoms with E-state index < -0.39 is 0 Å². The van der Waals surface area contributed by atoms with Gasteiger partial charge in [-0.3, -0.25) is 4.79 Å². The highest BCUT2D eigenvalue weighted by molar-refractivity contribution is 9.10. The molecule has 0 N–H and O–H groups in total. The summed E-state index contributed by atoms with van der Waals surface area (Å²) in [6, 6.07) is 7.58. The average molecular weight is 308 g/mol. The molecular weight excluding hydrogens is 294 g/mol. The third kappa shape index (κ3) is 2.85. The monoisotopic (exact) mass is 307 g/mol. The van der Waals surface area contributed by atoms with Crippen molar-refractivity contribution >= 4 is 21.7 Å². The van der Waals surface area contributed by atoms with Gasteiger partial charge in [-0.25, -0.2) is 9.67 Å². The molecule has 5 heteroatoms. The van der Waals surface area contributed by atoms with Gasteiger partial charge in [0.05, 0.1) is 6.42 Å². The first-order chi connectivity index (χ1) is 8.58. The quantitative estimate of drug-likeness (QED) is 0.816. The fraction of sp³-hybridized carbons (Fsp3) is 0.308. The van der Waals surface area contributed by atoms with Crippen molar-refractivity contribution in [3.05, 3.63) is 46.5 Å². The van der Waals surface area contributed by atoms with E-state index in [9.17, 15) is 4.79 Å². The van der Waals surface area contributed by atoms with Gasteiger partial charge >= 0.3 is 0 Å². The smallest absolute Gasteiger partial charge is 0.170 e. The molecule has 0 radical (unpaired) electrons. The molecule has 18 heavy (non-hydrogen) atoms. The first kappa shape index (κ1) is 13.0. The number of benzene rings is 1. The molecular formula is C13H14BrN3O. The van der Waals surface area contributed by atoms with E-state index >= 15 is 0 Å². The lowest BCUT2D eigenvalue weighted by Gasteiger charge is -2.08. The zero-order chi connectivity index (χ0) is 13.1. The molecule has 1 heterocycles. The Hall–Kier alpha value is -1.49. The van der Waals surface area contributed by atoms with E-state index in [2.05, 4.69) is 26.0 Å². The van der Waals surface area contributed by atoms with Crippen LogP contribution in [0, 0.1) is 0 Å². The number of hydrogen-bond acceptors (Lipinski definition) is 3. The topological polar surface area (TPSA) is 47.8 Å². The van der Waals surface area contributed by atoms with Crippen molar-refractivity contribution in [1.29, 1.82) is 0 Å². The highest BCUT2D eigenvalue weighted by Gasteiger charge is 2.13. The Labute approximate surface area is 114 Å². The van der Waals surface area contributed by atoms with Crippen molar-refractivity contribution < 1.29 is 4.79 Å². The molecule has 94 valence electrons. The van der Waals surface area contributed by atoms with Gasteiger partial charge in [0.25, 0.3) is 0 Å². The molecule has 0 unspecified atom stereocenters. The van der Waals surface area contributed by atoms with E-state index in [1.165, 1.54) is 6.33 Å². The van der Waals surface area contributed by atoms with Gasteiger partial charge in [0.15, 0.2) is 5.78 Å². The number of carbonyl (C=O) groups excluding carboxylic acids is 1. The minimum absolute atomic E-state index is 0.0474. The second-order valence-corrected chi connectivity index (χ2v) is 5.24. The van der Waals surface area contributed by atoms with Crippen LogP contribution in [0.2, 0.25) is 0 Å². The normalized spacial score (nSPS) is 10.9. The van der Waals surface area contributed by atoms with Crippen LogP contribution >= 0.6 is 15.9 Å². The van der Waals surface area contributed by atoms with Gasteiger partial charge in [0, 0.05) is 16.1 Å². The molecule has 4 nitrogen and oxygen atoms in total. The van der Waals surface area contributed by atoms with Crippen LogP contribution in [-0.2, 0) is 6.42 Å². The molecule has 0 atom stereocenters. The van der Waals surface area contributed by atoms with E-state index in [0.29, 0.717) is 11.4 Å². The van der Waals surface area contributed by atoms with Gasteiger partial charge in [-0.1, -0.05) is 28.1 Å². The summed E-state index contributed by atoms with van der Waals surface area (Å²) < 4.78 is 2.68. The Balaban J connectivity index is 2.19. The van der Waals surface area contributed by atoms with E-state index in [1.54, 1.807) is 4.68 Å². The molecule has 0 bridgehead atoms. The van der Waals surface area contributed by atoms with E-state index in [4.69, 9.17) is 0 Å². The highest BCUT2D eigenvalue weighted by Crippen LogP contribution is 2.14. The van der Waals surface area contributed by atoms with E-state index in [-0.39, 0.29) is 18.2 Å². The Kier molecular flexibility index (Phi) is 3.91. The maximum atomic E-state index is 12.1. The third-order valence-electron chi connectivity index (χ3n) is 2.60. The van der Waals surface area contributed by atoms with Gasteiger partial charge in [-0.15, -0.1) is 0 Å². The van der Waals surface area contributed by atoms with Gasteiger partial charge in [-0.05, 0) is 26.0 Å². The summed E-state index contributed by atoms with van der Waals surface area (Å²) in [6.45, 7) is 4.03. The lowest BCUT2D eigenvalue weighted by molar-refractivity contribution is 0.0989. The molecule has 2 rings (SSSR count). The summed E-state index contributed by atoms with van der Waals surface area (Å²) in [4.78, 5) is 16.3. The Morgan fingerprint density at radius 3 is 2.89 bits per heavy atom. The van der Waals surface area contributed by atoms with Crippen molar-refractivity contribution in [1.82, 2.24) is 14.8 Å². The largest absolute Gasteiger partial charge is 0.294 e. The predicted octanol–water partition coefficient (Wildman–Crippen LogP) is 3.05. The number of ketones is 1. The van der Waals surface area contributed by atoms with Crippen molar-refractivity contribution in [2.24, 2.45) is 0 Å². The lowest BCUT2D eigenvalue weighted by atomic mass is 10.1. The summed E-state index contributed by atoms with van der Waals surface area (Å²) in [5.74, 6) is 0.751. The molecule has 0 saturated carbocycles. The second-order valence-electron chi connectivity index (χ2n) is 4.32. The first-order valence-corrected chi connectivity index (χ1v) is 6.54. The standard InChI is InChI=1S/C13H14BrN3O/c1-9(2)17-13(15-8-16-17)7-12(18)10-4-3-5-11(14)6-10/h3-6,8-9H,7H2,1-2H3. The Morgan fingerprint density at radius 2 is 2.22 bits per heavy atom. The van der Waals surface area contributed by atoms with Crippen molar-refractivity contribution in [2.45, 2.75) is 26.3 Å². The third-order valence-corrected chi connectivity index (χ3v) is 3.09. The second kappa shape index (κ2) is 5.44. The van der Waals surface area contributed by atoms with Gasteiger partial charge < -0.3 is 0 Å². The van der Waals surface area contributed by atoms with Crippen molar-refractivity contribution in [2.75, 3.05) is 0 Å². The maximum Gasteiger partial charge on any atom is 0.170 e. The van der Waals surface area contributed by atoms with Crippen LogP contribution in [0.4, 0.5) is 0 Å². The number of carbonyl (C=O) groups is 1. The highest BCUT2D eigenvalue weighted by atomic mass is 79.9. The number of nitrogens with zero attached hydrogens (tertiary/aromatic N) is 3. The molecule has 0 spiro atoms. The fourth-order valence-corrected chi connectivity index (χ4v) is 2.14. The van der Waals surface area contributed by atoms with Crippen LogP contribution in [0.1, 0.15) is 36.1 Å². The molecule has 0 aliphatic carbocycles. The minimum Gasteiger partial charge on any atom is -0.294 e. The Bertz CT molecular complexity index is 563. The summed E-state index contributed by atoms with van der Waals surface area (Å²) in [6.07, 6.45) is 1.76. The number of Topliss-reactive ketones (excluding diaryl/α,β-unsaturated/α-hetero) is 1. The molecule has 0 amide bonds. The summed E-state index contributed by atoms with van der Waals surface area (Å²) >= 11 is 3.36. The molecule has 2 aromatic rings. The van der Waals surface area contributed by atoms with Gasteiger partial charge in [-0.2, -0.15) is 5.10 Å². The molecule has 1 aromatic carbocycles. The van der Waals surface area contributed by atoms with Crippen LogP contribution in [0.5, 0.6) is 0 Å². The molecule has 0 aliphatic heterocycles. The van der Waals surface area contributed by atoms with Crippen LogP contribution in [0.3, 0.4) is 0 Å². The van der Waals surface area contributed by atoms with Crippen LogP contribution in [0.15, 0.2) is 35.1 Å². The Morgan fingerprint density at radius 1 is 1.44 bits per heavy atom. The number of rotatable bonds is 4. The number of aromatic nitrogens is 3. The zero-order valence-electron chi connectivity index (χ0n) is 10.3. The molecule has 1 aromatic heterocycles. The van der Waals surface area contributed by atoms with Crippen molar-refractivity contribution in [3.63, 3.8) is 0 Å². The predicted molar refractivity (Wildman–Crippen MR) is 72.6 cm³/mol. The first-order valence-electron chi connectivity index (χ1n) is 5.75. The van der Waals surface area contributed by atoms with Gasteiger partial charge in [0.1, 0.15) is 12.2 Å². The van der Waals surface area contributed by atoms with E-state index in [1.807, 2.05) is 38.1 Å². The van der Waals surface area contributed by atoms with Gasteiger partial charge in [0.2, 0.25) is 0 Å². The average Bonchev–Trinajstić information content (AvgIpc) is 2.77. The minimum atomic E-state index is 0.0474. The maximum absolute atomic E-state index is 12.1. The van der Waals surface area contributed by atoms with Crippen LogP contribution < -0.4 is 0 Å². The molecule has 0 saturated heterocycles. The SMILES string of the molecule is CC(C)n1ncnc1CC(=O)c1cccc(Br)c1. The van der Waals surface area contributed by atoms with Crippen LogP contribution in [0.25, 0.3) is 0 Å². The van der Waals surface area contributed by atoms with Crippen molar-refractivity contribution in [3.8, 4) is 0 Å². The fourth-order valence-electron chi connectivity index (χ4n) is 1.74. The summed E-state index contributed by atoms with van der Waals surface area (Å²) in [5.41, 5.74) is 0.683. The summed E-state index contributed by atoms with van der Waals surface area (Å²) in [5, 5.41) is 4.12.